The molecule has 2 aromatic carbocycles. The quantitative estimate of drug-likeness (QED) is 0.0191. The van der Waals surface area contributed by atoms with E-state index in [9.17, 15) is 24.0 Å². The lowest BCUT2D eigenvalue weighted by molar-refractivity contribution is -0.129. The van der Waals surface area contributed by atoms with Gasteiger partial charge in [0.2, 0.25) is 5.91 Å². The molecule has 1 saturated heterocycles. The summed E-state index contributed by atoms with van der Waals surface area (Å²) in [5, 5.41) is 8.05. The number of carbonyl (C=O) groups excluding carboxylic acids is 5. The largest absolute Gasteiger partial charge is 0.457 e. The molecule has 2 heterocycles. The Morgan fingerprint density at radius 1 is 1.08 bits per heavy atom. The molecule has 0 saturated carbocycles. The van der Waals surface area contributed by atoms with Crippen molar-refractivity contribution in [2.24, 2.45) is 10.7 Å². The number of aromatic nitrogens is 2. The third-order valence-electron chi connectivity index (χ3n) is 10.2. The Kier molecular flexibility index (Phi) is 19.0. The zero-order valence-electron chi connectivity index (χ0n) is 35.8. The molecule has 1 aliphatic rings. The first-order valence-corrected chi connectivity index (χ1v) is 20.5. The molecule has 1 aromatic heterocycles. The van der Waals surface area contributed by atoms with Gasteiger partial charge in [-0.25, -0.2) is 4.68 Å². The predicted octanol–water partition coefficient (Wildman–Crippen LogP) is 5.18. The van der Waals surface area contributed by atoms with Crippen LogP contribution in [0.1, 0.15) is 71.3 Å². The Balaban J connectivity index is 1.26. The molecule has 0 spiro atoms. The van der Waals surface area contributed by atoms with Crippen molar-refractivity contribution >= 4 is 48.0 Å². The van der Waals surface area contributed by atoms with Crippen LogP contribution in [0.3, 0.4) is 0 Å². The van der Waals surface area contributed by atoms with E-state index in [0.29, 0.717) is 84.8 Å². The highest BCUT2D eigenvalue weighted by atomic mass is 16.5. The highest BCUT2D eigenvalue weighted by Gasteiger charge is 2.31. The number of allylic oxidation sites excluding steroid dienone is 4. The first kappa shape index (κ1) is 48.0. The Labute approximate surface area is 362 Å². The summed E-state index contributed by atoms with van der Waals surface area (Å²) in [5.41, 5.74) is 16.1. The minimum atomic E-state index is -0.811. The summed E-state index contributed by atoms with van der Waals surface area (Å²) >= 11 is 0. The SMILES string of the molecule is C=C/C=C(\C=C/C)Oc1ccc(-c2nn(C3CCCN(C(=O)C(=C)CCOCCOCCNc4cccc(C=O)c4C(=O)N(C)C(C=O)CCC=O)C3)c(N)c2C(N)=NC)cc1. The second-order valence-electron chi connectivity index (χ2n) is 14.4. The molecule has 16 heteroatoms. The zero-order valence-corrected chi connectivity index (χ0v) is 35.8. The van der Waals surface area contributed by atoms with Crippen LogP contribution in [0, 0.1) is 0 Å². The number of ether oxygens (including phenoxy) is 3. The van der Waals surface area contributed by atoms with E-state index < -0.39 is 11.9 Å². The molecule has 3 aromatic rings. The number of piperidine rings is 1. The normalized spacial score (nSPS) is 14.9. The van der Waals surface area contributed by atoms with Gasteiger partial charge in [0.05, 0.1) is 49.6 Å². The number of amidine groups is 1. The molecule has 1 fully saturated rings. The van der Waals surface area contributed by atoms with E-state index in [0.717, 1.165) is 18.4 Å². The molecule has 330 valence electrons. The molecule has 62 heavy (non-hydrogen) atoms. The fourth-order valence-electron chi connectivity index (χ4n) is 6.93. The molecular formula is C46H58N8O8. The van der Waals surface area contributed by atoms with E-state index in [1.54, 1.807) is 40.9 Å². The Morgan fingerprint density at radius 3 is 2.48 bits per heavy atom. The number of anilines is 2. The summed E-state index contributed by atoms with van der Waals surface area (Å²) in [6.45, 7) is 12.1. The number of hydrogen-bond acceptors (Lipinski definition) is 12. The van der Waals surface area contributed by atoms with Gasteiger partial charge in [-0.15, -0.1) is 0 Å². The summed E-state index contributed by atoms with van der Waals surface area (Å²) in [7, 11) is 3.06. The number of nitrogens with zero attached hydrogens (tertiary/aromatic N) is 5. The number of nitrogen functional groups attached to an aromatic ring is 1. The topological polar surface area (TPSA) is 214 Å². The fourth-order valence-corrected chi connectivity index (χ4v) is 6.93. The van der Waals surface area contributed by atoms with Crippen molar-refractivity contribution in [2.75, 3.05) is 71.2 Å². The molecule has 2 atom stereocenters. The Bertz CT molecular complexity index is 2140. The van der Waals surface area contributed by atoms with Gasteiger partial charge in [-0.05, 0) is 68.7 Å². The number of benzene rings is 2. The molecule has 0 aliphatic carbocycles. The predicted molar refractivity (Wildman–Crippen MR) is 240 cm³/mol. The number of nitrogens with two attached hydrogens (primary N) is 2. The second-order valence-corrected chi connectivity index (χ2v) is 14.4. The average molecular weight is 851 g/mol. The van der Waals surface area contributed by atoms with Crippen LogP contribution in [0.15, 0.2) is 96.3 Å². The number of likely N-dealkylation sites (N-methyl/N-ethyl adjacent to an activating group) is 1. The van der Waals surface area contributed by atoms with Crippen molar-refractivity contribution in [1.29, 1.82) is 0 Å². The molecule has 2 unspecified atom stereocenters. The third-order valence-corrected chi connectivity index (χ3v) is 10.2. The zero-order chi connectivity index (χ0) is 45.0. The van der Waals surface area contributed by atoms with Crippen molar-refractivity contribution < 1.29 is 38.2 Å². The van der Waals surface area contributed by atoms with Gasteiger partial charge >= 0.3 is 0 Å². The van der Waals surface area contributed by atoms with Crippen LogP contribution in [0.5, 0.6) is 5.75 Å². The average Bonchev–Trinajstić information content (AvgIpc) is 3.64. The number of likely N-dealkylation sites (tertiary alicyclic amines) is 1. The number of hydrogen-bond donors (Lipinski definition) is 3. The lowest BCUT2D eigenvalue weighted by atomic mass is 10.0. The van der Waals surface area contributed by atoms with Gasteiger partial charge in [-0.1, -0.05) is 37.4 Å². The highest BCUT2D eigenvalue weighted by molar-refractivity contribution is 6.07. The maximum atomic E-state index is 13.5. The van der Waals surface area contributed by atoms with E-state index in [4.69, 9.17) is 30.8 Å². The van der Waals surface area contributed by atoms with Crippen LogP contribution in [0.4, 0.5) is 11.5 Å². The molecule has 0 radical (unpaired) electrons. The summed E-state index contributed by atoms with van der Waals surface area (Å²) in [6.07, 6.45) is 11.2. The van der Waals surface area contributed by atoms with Crippen LogP contribution in [0.2, 0.25) is 0 Å². The lowest BCUT2D eigenvalue weighted by Crippen LogP contribution is -2.41. The Hall–Kier alpha value is -6.65. The highest BCUT2D eigenvalue weighted by Crippen LogP contribution is 2.33. The monoisotopic (exact) mass is 850 g/mol. The van der Waals surface area contributed by atoms with E-state index >= 15 is 0 Å². The van der Waals surface area contributed by atoms with Crippen molar-refractivity contribution in [3.63, 3.8) is 0 Å². The molecule has 0 bridgehead atoms. The van der Waals surface area contributed by atoms with Gasteiger partial charge in [0, 0.05) is 69.0 Å². The van der Waals surface area contributed by atoms with Crippen molar-refractivity contribution in [3.05, 3.63) is 108 Å². The first-order valence-electron chi connectivity index (χ1n) is 20.5. The molecule has 4 rings (SSSR count). The molecule has 16 nitrogen and oxygen atoms in total. The van der Waals surface area contributed by atoms with Crippen LogP contribution in [-0.2, 0) is 23.9 Å². The summed E-state index contributed by atoms with van der Waals surface area (Å²) in [6, 6.07) is 11.3. The van der Waals surface area contributed by atoms with Gasteiger partial charge in [-0.2, -0.15) is 5.10 Å². The van der Waals surface area contributed by atoms with E-state index in [1.807, 2.05) is 43.3 Å². The molecular weight excluding hydrogens is 793 g/mol. The number of aldehydes is 3. The molecule has 2 amide bonds. The van der Waals surface area contributed by atoms with Gasteiger partial charge in [0.25, 0.3) is 5.91 Å². The summed E-state index contributed by atoms with van der Waals surface area (Å²) in [4.78, 5) is 68.3. The van der Waals surface area contributed by atoms with E-state index in [-0.39, 0.29) is 68.2 Å². The maximum Gasteiger partial charge on any atom is 0.257 e. The third kappa shape index (κ3) is 12.7. The number of amides is 2. The fraction of sp³-hybridized carbons (Fsp3) is 0.370. The molecule has 1 aliphatic heterocycles. The number of aliphatic imine (C=N–C) groups is 1. The second kappa shape index (κ2) is 24.6. The number of carbonyl (C=O) groups is 5. The summed E-state index contributed by atoms with van der Waals surface area (Å²) in [5.74, 6) is 1.21. The molecule has 5 N–H and O–H groups in total. The smallest absolute Gasteiger partial charge is 0.257 e. The minimum Gasteiger partial charge on any atom is -0.457 e. The van der Waals surface area contributed by atoms with E-state index in [2.05, 4.69) is 23.5 Å². The number of nitrogens with one attached hydrogen (secondary N) is 1. The van der Waals surface area contributed by atoms with Gasteiger partial charge in [0.15, 0.2) is 6.29 Å². The van der Waals surface area contributed by atoms with Crippen LogP contribution in [-0.4, -0.2) is 122 Å². The minimum absolute atomic E-state index is 0.121. The van der Waals surface area contributed by atoms with Crippen molar-refractivity contribution in [1.82, 2.24) is 19.6 Å². The van der Waals surface area contributed by atoms with Crippen LogP contribution in [0.25, 0.3) is 11.3 Å². The lowest BCUT2D eigenvalue weighted by Gasteiger charge is -2.33. The summed E-state index contributed by atoms with van der Waals surface area (Å²) < 4.78 is 19.1. The van der Waals surface area contributed by atoms with E-state index in [1.165, 1.54) is 18.0 Å². The first-order chi connectivity index (χ1) is 30.0. The van der Waals surface area contributed by atoms with Crippen LogP contribution >= 0.6 is 0 Å². The maximum absolute atomic E-state index is 13.5. The van der Waals surface area contributed by atoms with Gasteiger partial charge in [0.1, 0.15) is 41.4 Å². The Morgan fingerprint density at radius 2 is 1.82 bits per heavy atom. The standard InChI is InChI=1S/C46H58N8O8/c1-6-11-37(12-7-2)62-38-19-17-33(18-20-38)42-41(43(47)49-4)44(48)54(51-42)35-14-9-23-53(29-35)45(58)32(3)21-25-60-27-28-61-26-22-50-39-16-8-13-34(30-56)40(39)46(59)52(5)36(31-57)15-10-24-55/h6-8,11-13,16-20,24,30-31,35-36,50H,1,3,9-10,14-15,21-23,25-29,48H2,2,4-5H3,(H2,47,49)/b12-7-,37-11+. The van der Waals surface area contributed by atoms with Crippen molar-refractivity contribution in [3.8, 4) is 17.0 Å². The van der Waals surface area contributed by atoms with Gasteiger partial charge in [-0.3, -0.25) is 19.4 Å². The van der Waals surface area contributed by atoms with Gasteiger partial charge < -0.3 is 50.4 Å². The number of rotatable bonds is 25. The van der Waals surface area contributed by atoms with Crippen LogP contribution < -0.4 is 21.5 Å². The van der Waals surface area contributed by atoms with Crippen molar-refractivity contribution in [2.45, 2.75) is 51.1 Å².